The van der Waals surface area contributed by atoms with Crippen molar-refractivity contribution in [3.8, 4) is 23.0 Å². The molecule has 2 saturated carbocycles. The lowest BCUT2D eigenvalue weighted by molar-refractivity contribution is -0.128. The molecule has 5 saturated heterocycles. The van der Waals surface area contributed by atoms with Crippen molar-refractivity contribution < 1.29 is 45.9 Å². The third-order valence-corrected chi connectivity index (χ3v) is 37.4. The van der Waals surface area contributed by atoms with Gasteiger partial charge in [0.05, 0.1) is 82.7 Å². The Morgan fingerprint density at radius 2 is 0.803 bits per heavy atom. The second-order valence-corrected chi connectivity index (χ2v) is 47.1. The van der Waals surface area contributed by atoms with Crippen LogP contribution in [0.3, 0.4) is 0 Å². The number of nitrogens with one attached hydrogen (secondary N) is 12. The van der Waals surface area contributed by atoms with Gasteiger partial charge >= 0.3 is 0 Å². The largest absolute Gasteiger partial charge is 0.495 e. The number of anilines is 12. The van der Waals surface area contributed by atoms with Gasteiger partial charge in [-0.2, -0.15) is 44.2 Å². The Morgan fingerprint density at radius 1 is 0.455 bits per heavy atom. The standard InChI is InChI=1S/C26H36ClN7O3S.C23H31N6O2P.C22H29N6O2P.C21H27N6O3P/c1-17(2)29-25-23-20(27)16-28-24(23)31-26(32-25)30-21-8-7-19(15-22(21)37-3)38(35,36)34-13-9-18(10-14-34)33-11-5-4-6-12-33;1-4-24-21-20-15(2)14-25-22(20)28-23(27-21)26-18-8-7-17(13-19(18)31-3)32(30)11-9-29(10-12-32)16-5-6-16;1-14-13-24-21-19(14)20(23-2)26-22(27-21)25-17-7-6-16(12-18(17)30-3)31(29)10-8-28(9-11-31)15-4-5-15;1-13-12-23-20-18(13)19(22-3)25-21(26-20)24-16-6-5-15(11-17(16)30-4)31(29)9-7-27(8-10-31)14(2)28/h7-8,15-18H,4-6,9-14H2,1-3H3,(H3,28,29,30,31,32);7-8,13-14,16H,4-6,9-12H2,1-3H3,(H3,24,25,26,27,28);6-7,12-13,15H,4-5,8-11H2,1-3H3,(H3,23,24,25,26,27);5-6,11-12H,7-10H2,1-4H3,(H3,22,23,24,25,26). The van der Waals surface area contributed by atoms with Crippen LogP contribution in [0.25, 0.3) is 44.1 Å². The normalized spacial score (nSPS) is 17.9. The van der Waals surface area contributed by atoms with E-state index in [2.05, 4.69) is 117 Å². The number of halogens is 1. The lowest BCUT2D eigenvalue weighted by Crippen LogP contribution is -2.48. The quantitative estimate of drug-likeness (QED) is 0.0224. The molecule has 132 heavy (non-hydrogen) atoms. The molecule has 12 N–H and O–H groups in total. The Labute approximate surface area is 775 Å². The summed E-state index contributed by atoms with van der Waals surface area (Å²) in [6.45, 7) is 22.5. The van der Waals surface area contributed by atoms with Crippen molar-refractivity contribution >= 4 is 179 Å². The first-order valence-corrected chi connectivity index (χ1v) is 53.7. The van der Waals surface area contributed by atoms with Gasteiger partial charge in [-0.1, -0.05) is 18.0 Å². The van der Waals surface area contributed by atoms with Gasteiger partial charge in [-0.15, -0.1) is 0 Å². The minimum Gasteiger partial charge on any atom is -0.495 e. The van der Waals surface area contributed by atoms with Gasteiger partial charge in [-0.3, -0.25) is 14.6 Å². The number of piperidine rings is 2. The van der Waals surface area contributed by atoms with E-state index in [-0.39, 0.29) is 16.8 Å². The number of aromatic amines is 4. The fourth-order valence-corrected chi connectivity index (χ4v) is 27.8. The fraction of sp³-hybridized carbons (Fsp3) is 0.467. The maximum absolute atomic E-state index is 13.7. The number of aromatic nitrogens is 12. The zero-order chi connectivity index (χ0) is 92.9. The number of sulfonamides is 1. The van der Waals surface area contributed by atoms with E-state index in [4.69, 9.17) is 30.5 Å². The van der Waals surface area contributed by atoms with Crippen LogP contribution >= 0.6 is 33.0 Å². The zero-order valence-corrected chi connectivity index (χ0v) is 81.7. The number of benzene rings is 4. The van der Waals surface area contributed by atoms with E-state index in [0.717, 1.165) is 190 Å². The highest BCUT2D eigenvalue weighted by Gasteiger charge is 2.41. The first-order chi connectivity index (χ1) is 63.6. The number of likely N-dealkylation sites (tertiary alicyclic amines) is 1. The zero-order valence-electron chi connectivity index (χ0n) is 77.5. The number of ether oxygens (including phenoxy) is 4. The van der Waals surface area contributed by atoms with Crippen LogP contribution < -0.4 is 77.4 Å². The third-order valence-electron chi connectivity index (χ3n) is 26.0. The third kappa shape index (κ3) is 20.9. The second-order valence-electron chi connectivity index (χ2n) is 35.2. The lowest BCUT2D eigenvalue weighted by Gasteiger charge is -2.39. The molecule has 0 unspecified atom stereocenters. The summed E-state index contributed by atoms with van der Waals surface area (Å²) in [7, 11) is -0.977. The first kappa shape index (κ1) is 94.4. The first-order valence-electron chi connectivity index (χ1n) is 45.6. The van der Waals surface area contributed by atoms with Crippen LogP contribution in [-0.2, 0) is 28.5 Å². The van der Waals surface area contributed by atoms with E-state index in [0.29, 0.717) is 125 Å². The summed E-state index contributed by atoms with van der Waals surface area (Å²) in [4.78, 5) is 70.5. The highest BCUT2D eigenvalue weighted by molar-refractivity contribution is 7.89. The summed E-state index contributed by atoms with van der Waals surface area (Å²) in [6.07, 6.45) is 22.1. The molecule has 12 aromatic rings. The number of rotatable bonds is 26. The Bertz CT molecular complexity index is 6430. The number of hydrogen-bond acceptors (Lipinski definition) is 29. The molecule has 0 atom stereocenters. The predicted molar refractivity (Wildman–Crippen MR) is 531 cm³/mol. The molecule has 13 heterocycles. The average molecular weight is 1900 g/mol. The molecule has 7 aliphatic rings. The van der Waals surface area contributed by atoms with Crippen LogP contribution in [0, 0.1) is 20.8 Å². The number of H-pyrrole nitrogens is 4. The van der Waals surface area contributed by atoms with Crippen LogP contribution in [0.4, 0.5) is 69.8 Å². The Hall–Kier alpha value is -10.8. The molecular weight excluding hydrogens is 1780 g/mol. The van der Waals surface area contributed by atoms with Crippen LogP contribution in [0.15, 0.2) is 102 Å². The molecule has 1 amide bonds. The van der Waals surface area contributed by atoms with Gasteiger partial charge in [0.15, 0.2) is 0 Å². The average Bonchev–Trinajstić information content (AvgIpc) is 1.06. The molecule has 4 aromatic carbocycles. The van der Waals surface area contributed by atoms with Gasteiger partial charge in [-0.05, 0) is 189 Å². The van der Waals surface area contributed by atoms with Gasteiger partial charge in [0.2, 0.25) is 39.7 Å². The Balaban J connectivity index is 0.000000129. The number of carbonyl (C=O) groups excluding carboxylic acids is 1. The molecule has 19 rings (SSSR count). The Morgan fingerprint density at radius 3 is 1.18 bits per heavy atom. The summed E-state index contributed by atoms with van der Waals surface area (Å²) in [5.74, 6) is 6.86. The van der Waals surface area contributed by atoms with Crippen LogP contribution in [0.5, 0.6) is 23.0 Å². The molecule has 0 bridgehead atoms. The molecule has 8 aromatic heterocycles. The number of amides is 1. The SMILES string of the molecule is CCNc1nc(Nc2ccc(P3(=O)CCN(C4CC4)CC3)cc2OC)nc2[nH]cc(C)c12.CNc1nc(Nc2ccc(P3(=O)CCN(C(C)=O)CC3)cc2OC)nc2[nH]cc(C)c12.CNc1nc(Nc2ccc(P3(=O)CCN(C4CC4)CC3)cc2OC)nc2[nH]cc(C)c12.COc1cc(S(=O)(=O)N2CCC(N3CCCCC3)CC2)ccc1Nc1nc(NC(C)C)c2c(Cl)c[nH]c2n1. The van der Waals surface area contributed by atoms with Crippen molar-refractivity contribution in [2.24, 2.45) is 0 Å². The monoisotopic (exact) mass is 1900 g/mol. The number of nitrogens with zero attached hydrogens (tertiary/aromatic N) is 13. The van der Waals surface area contributed by atoms with E-state index < -0.39 is 31.4 Å². The summed E-state index contributed by atoms with van der Waals surface area (Å²) in [5, 5.41) is 32.6. The maximum Gasteiger partial charge on any atom is 0.243 e. The maximum atomic E-state index is 13.7. The van der Waals surface area contributed by atoms with E-state index in [1.54, 1.807) is 61.9 Å². The number of fused-ring (bicyclic) bond motifs is 4. The lowest BCUT2D eigenvalue weighted by atomic mass is 10.0. The molecule has 7 fully saturated rings. The van der Waals surface area contributed by atoms with Gasteiger partial charge in [-0.25, -0.2) is 8.42 Å². The molecule has 35 nitrogen and oxygen atoms in total. The van der Waals surface area contributed by atoms with E-state index in [1.807, 2.05) is 129 Å². The fourth-order valence-electron chi connectivity index (χ4n) is 18.3. The topological polar surface area (TPSA) is 418 Å². The van der Waals surface area contributed by atoms with Crippen LogP contribution in [0.1, 0.15) is 102 Å². The van der Waals surface area contributed by atoms with Gasteiger partial charge in [0.1, 0.15) is 90.3 Å². The van der Waals surface area contributed by atoms with Crippen LogP contribution in [-0.4, -0.2) is 274 Å². The Kier molecular flexibility index (Phi) is 29.0. The van der Waals surface area contributed by atoms with Gasteiger partial charge in [0.25, 0.3) is 0 Å². The molecule has 5 aliphatic heterocycles. The minimum absolute atomic E-state index is 0.0264. The van der Waals surface area contributed by atoms with E-state index >= 15 is 0 Å². The van der Waals surface area contributed by atoms with Crippen LogP contribution in [0.2, 0.25) is 5.02 Å². The minimum atomic E-state index is -3.64. The molecule has 0 spiro atoms. The van der Waals surface area contributed by atoms with Crippen molar-refractivity contribution in [2.45, 2.75) is 135 Å². The molecule has 0 radical (unpaired) electrons. The summed E-state index contributed by atoms with van der Waals surface area (Å²) >= 11 is 6.34. The van der Waals surface area contributed by atoms with E-state index in [9.17, 15) is 26.9 Å². The molecule has 2 aliphatic carbocycles. The number of carbonyl (C=O) groups is 1. The molecular formula is C92H123ClN25O10P3S. The van der Waals surface area contributed by atoms with Crippen molar-refractivity contribution in [1.29, 1.82) is 0 Å². The van der Waals surface area contributed by atoms with Crippen molar-refractivity contribution in [1.82, 2.24) is 83.7 Å². The second kappa shape index (κ2) is 40.6. The van der Waals surface area contributed by atoms with Crippen molar-refractivity contribution in [2.75, 3.05) is 194 Å². The number of hydrogen-bond donors (Lipinski definition) is 12. The summed E-state index contributed by atoms with van der Waals surface area (Å²) in [6, 6.07) is 24.1. The number of aryl methyl sites for hydroxylation is 3. The highest BCUT2D eigenvalue weighted by atomic mass is 35.5. The smallest absolute Gasteiger partial charge is 0.243 e. The molecule has 704 valence electrons. The van der Waals surface area contributed by atoms with Gasteiger partial charge in [0, 0.05) is 188 Å². The summed E-state index contributed by atoms with van der Waals surface area (Å²) in [5.41, 5.74) is 8.86. The number of methoxy groups -OCH3 is 4. The predicted octanol–water partition coefficient (Wildman–Crippen LogP) is 15.2. The van der Waals surface area contributed by atoms with E-state index in [1.165, 1.54) is 52.1 Å². The highest BCUT2D eigenvalue weighted by Crippen LogP contribution is 2.52. The van der Waals surface area contributed by atoms with Gasteiger partial charge < -0.3 is 105 Å². The summed E-state index contributed by atoms with van der Waals surface area (Å²) < 4.78 is 91.9. The molecule has 40 heteroatoms. The van der Waals surface area contributed by atoms with Crippen molar-refractivity contribution in [3.63, 3.8) is 0 Å². The van der Waals surface area contributed by atoms with Crippen molar-refractivity contribution in [3.05, 3.63) is 119 Å².